The van der Waals surface area contributed by atoms with E-state index in [4.69, 9.17) is 14.2 Å². The van der Waals surface area contributed by atoms with Crippen LogP contribution in [0.1, 0.15) is 29.4 Å². The minimum Gasteiger partial charge on any atom is -0.493 e. The number of amides is 1. The molecular formula is C29H30N2O5. The number of anilines is 1. The van der Waals surface area contributed by atoms with E-state index in [-0.39, 0.29) is 17.1 Å². The van der Waals surface area contributed by atoms with E-state index in [9.17, 15) is 9.59 Å². The predicted octanol–water partition coefficient (Wildman–Crippen LogP) is 5.30. The molecule has 0 N–H and O–H groups in total. The summed E-state index contributed by atoms with van der Waals surface area (Å²) in [5.41, 5.74) is 6.58. The predicted molar refractivity (Wildman–Crippen MR) is 140 cm³/mol. The molecule has 4 rings (SSSR count). The standard InChI is InChI=1S/C29H30N2O5/c1-17-9-8-10-22(13-17)30-18(2)14-21(19(30)3)15-24-27(29(33)36-7)20(4)31(28(24)32)23-11-12-25(34-5)26(16-23)35-6/h8-16H,1-7H3. The molecule has 0 saturated heterocycles. The Labute approximate surface area is 211 Å². The smallest absolute Gasteiger partial charge is 0.340 e. The first-order valence-electron chi connectivity index (χ1n) is 11.6. The van der Waals surface area contributed by atoms with Crippen molar-refractivity contribution in [2.45, 2.75) is 27.7 Å². The lowest BCUT2D eigenvalue weighted by Crippen LogP contribution is -2.24. The summed E-state index contributed by atoms with van der Waals surface area (Å²) >= 11 is 0. The molecule has 1 aliphatic rings. The maximum atomic E-state index is 13.8. The van der Waals surface area contributed by atoms with Crippen molar-refractivity contribution >= 4 is 23.6 Å². The van der Waals surface area contributed by atoms with E-state index >= 15 is 0 Å². The van der Waals surface area contributed by atoms with Crippen molar-refractivity contribution in [3.8, 4) is 17.2 Å². The van der Waals surface area contributed by atoms with Gasteiger partial charge in [0.1, 0.15) is 0 Å². The summed E-state index contributed by atoms with van der Waals surface area (Å²) in [5.74, 6) is 0.138. The average molecular weight is 487 g/mol. The van der Waals surface area contributed by atoms with E-state index in [0.717, 1.165) is 28.2 Å². The van der Waals surface area contributed by atoms with Crippen molar-refractivity contribution in [1.29, 1.82) is 0 Å². The normalized spacial score (nSPS) is 14.6. The fourth-order valence-corrected chi connectivity index (χ4v) is 4.71. The van der Waals surface area contributed by atoms with E-state index in [2.05, 4.69) is 23.6 Å². The van der Waals surface area contributed by atoms with Crippen LogP contribution in [-0.2, 0) is 14.3 Å². The zero-order chi connectivity index (χ0) is 26.1. The van der Waals surface area contributed by atoms with E-state index in [1.54, 1.807) is 38.3 Å². The van der Waals surface area contributed by atoms with E-state index < -0.39 is 5.97 Å². The van der Waals surface area contributed by atoms with Gasteiger partial charge in [-0.2, -0.15) is 0 Å². The van der Waals surface area contributed by atoms with Crippen molar-refractivity contribution in [1.82, 2.24) is 4.57 Å². The Balaban J connectivity index is 1.85. The summed E-state index contributed by atoms with van der Waals surface area (Å²) in [6, 6.07) is 15.4. The van der Waals surface area contributed by atoms with Gasteiger partial charge in [-0.15, -0.1) is 0 Å². The number of aryl methyl sites for hydroxylation is 2. The Bertz CT molecular complexity index is 1430. The lowest BCUT2D eigenvalue weighted by Gasteiger charge is -2.19. The second-order valence-corrected chi connectivity index (χ2v) is 8.69. The first-order valence-corrected chi connectivity index (χ1v) is 11.6. The Kier molecular flexibility index (Phi) is 6.75. The van der Waals surface area contributed by atoms with Gasteiger partial charge in [-0.3, -0.25) is 9.69 Å². The van der Waals surface area contributed by atoms with Crippen LogP contribution in [0.5, 0.6) is 11.5 Å². The van der Waals surface area contributed by atoms with Crippen LogP contribution in [0.4, 0.5) is 5.69 Å². The number of rotatable bonds is 6. The van der Waals surface area contributed by atoms with Gasteiger partial charge in [0.2, 0.25) is 0 Å². The second kappa shape index (κ2) is 9.77. The molecular weight excluding hydrogens is 456 g/mol. The van der Waals surface area contributed by atoms with Gasteiger partial charge in [-0.1, -0.05) is 12.1 Å². The molecule has 0 aliphatic carbocycles. The van der Waals surface area contributed by atoms with Gasteiger partial charge in [0.25, 0.3) is 5.91 Å². The molecule has 0 unspecified atom stereocenters. The molecule has 7 nitrogen and oxygen atoms in total. The maximum Gasteiger partial charge on any atom is 0.340 e. The van der Waals surface area contributed by atoms with Crippen LogP contribution in [0.25, 0.3) is 11.8 Å². The Morgan fingerprint density at radius 3 is 2.22 bits per heavy atom. The van der Waals surface area contributed by atoms with Gasteiger partial charge in [-0.05, 0) is 75.2 Å². The first-order chi connectivity index (χ1) is 17.2. The van der Waals surface area contributed by atoms with Crippen molar-refractivity contribution in [3.05, 3.63) is 87.9 Å². The molecule has 7 heteroatoms. The number of ether oxygens (including phenoxy) is 3. The highest BCUT2D eigenvalue weighted by Gasteiger charge is 2.38. The highest BCUT2D eigenvalue weighted by molar-refractivity contribution is 6.24. The molecule has 3 aromatic rings. The molecule has 0 saturated carbocycles. The van der Waals surface area contributed by atoms with Gasteiger partial charge in [-0.25, -0.2) is 4.79 Å². The number of methoxy groups -OCH3 is 3. The highest BCUT2D eigenvalue weighted by atomic mass is 16.5. The molecule has 2 aromatic carbocycles. The highest BCUT2D eigenvalue weighted by Crippen LogP contribution is 2.39. The number of hydrogen-bond acceptors (Lipinski definition) is 5. The lowest BCUT2D eigenvalue weighted by atomic mass is 10.0. The zero-order valence-corrected chi connectivity index (χ0v) is 21.6. The largest absolute Gasteiger partial charge is 0.493 e. The van der Waals surface area contributed by atoms with Gasteiger partial charge in [0.15, 0.2) is 11.5 Å². The third kappa shape index (κ3) is 4.17. The number of nitrogens with zero attached hydrogens (tertiary/aromatic N) is 2. The van der Waals surface area contributed by atoms with Crippen molar-refractivity contribution in [3.63, 3.8) is 0 Å². The molecule has 1 amide bonds. The fraction of sp³-hybridized carbons (Fsp3) is 0.241. The summed E-state index contributed by atoms with van der Waals surface area (Å²) in [6.45, 7) is 7.81. The molecule has 0 bridgehead atoms. The molecule has 1 aliphatic heterocycles. The molecule has 0 fully saturated rings. The van der Waals surface area contributed by atoms with Gasteiger partial charge in [0, 0.05) is 28.8 Å². The lowest BCUT2D eigenvalue weighted by molar-refractivity contribution is -0.136. The quantitative estimate of drug-likeness (QED) is 0.349. The zero-order valence-electron chi connectivity index (χ0n) is 21.6. The number of carbonyl (C=O) groups excluding carboxylic acids is 2. The van der Waals surface area contributed by atoms with Gasteiger partial charge >= 0.3 is 5.97 Å². The minimum atomic E-state index is -0.567. The third-order valence-electron chi connectivity index (χ3n) is 6.44. The van der Waals surface area contributed by atoms with Crippen molar-refractivity contribution in [2.24, 2.45) is 0 Å². The second-order valence-electron chi connectivity index (χ2n) is 8.69. The van der Waals surface area contributed by atoms with Gasteiger partial charge in [0.05, 0.1) is 38.2 Å². The van der Waals surface area contributed by atoms with Crippen molar-refractivity contribution < 1.29 is 23.8 Å². The Hall–Kier alpha value is -4.26. The maximum absolute atomic E-state index is 13.8. The Morgan fingerprint density at radius 2 is 1.58 bits per heavy atom. The van der Waals surface area contributed by atoms with Crippen LogP contribution in [0.15, 0.2) is 65.4 Å². The number of hydrogen-bond donors (Lipinski definition) is 0. The molecule has 186 valence electrons. The number of carbonyl (C=O) groups is 2. The minimum absolute atomic E-state index is 0.234. The van der Waals surface area contributed by atoms with Crippen LogP contribution in [0.2, 0.25) is 0 Å². The molecule has 36 heavy (non-hydrogen) atoms. The number of benzene rings is 2. The summed E-state index contributed by atoms with van der Waals surface area (Å²) in [6.07, 6.45) is 1.77. The molecule has 0 radical (unpaired) electrons. The molecule has 0 atom stereocenters. The molecule has 0 spiro atoms. The van der Waals surface area contributed by atoms with Gasteiger partial charge < -0.3 is 18.8 Å². The number of aromatic nitrogens is 1. The van der Waals surface area contributed by atoms with Crippen LogP contribution in [-0.4, -0.2) is 37.8 Å². The Morgan fingerprint density at radius 1 is 0.861 bits per heavy atom. The third-order valence-corrected chi connectivity index (χ3v) is 6.44. The molecule has 1 aromatic heterocycles. The average Bonchev–Trinajstić information content (AvgIpc) is 3.28. The summed E-state index contributed by atoms with van der Waals surface area (Å²) in [4.78, 5) is 28.1. The number of esters is 1. The van der Waals surface area contributed by atoms with Crippen LogP contribution in [0.3, 0.4) is 0 Å². The van der Waals surface area contributed by atoms with Crippen LogP contribution in [0, 0.1) is 20.8 Å². The summed E-state index contributed by atoms with van der Waals surface area (Å²) in [5, 5.41) is 0. The summed E-state index contributed by atoms with van der Waals surface area (Å²) < 4.78 is 17.9. The summed E-state index contributed by atoms with van der Waals surface area (Å²) in [7, 11) is 4.39. The molecule has 2 heterocycles. The van der Waals surface area contributed by atoms with Crippen LogP contribution < -0.4 is 14.4 Å². The van der Waals surface area contributed by atoms with Crippen molar-refractivity contribution in [2.75, 3.05) is 26.2 Å². The van der Waals surface area contributed by atoms with E-state index in [1.165, 1.54) is 19.1 Å². The van der Waals surface area contributed by atoms with Crippen LogP contribution >= 0.6 is 0 Å². The fourth-order valence-electron chi connectivity index (χ4n) is 4.71. The monoisotopic (exact) mass is 486 g/mol. The number of allylic oxidation sites excluding steroid dienone is 1. The van der Waals surface area contributed by atoms with E-state index in [1.807, 2.05) is 32.0 Å². The topological polar surface area (TPSA) is 70.0 Å². The SMILES string of the molecule is COC(=O)C1=C(C)N(c2ccc(OC)c(OC)c2)C(=O)C1=Cc1cc(C)n(-c2cccc(C)c2)c1C. The first kappa shape index (κ1) is 24.9. The van der Waals surface area contributed by atoms with E-state index in [0.29, 0.717) is 22.9 Å².